The standard InChI is InChI=1S/C10H14ClN3/c1-3-4-7(2)14-10-9(12)5-8(11)6-13-10/h3,5-7H,1,4,12H2,2H3,(H,13,14). The highest BCUT2D eigenvalue weighted by Gasteiger charge is 2.04. The SMILES string of the molecule is C=CCC(C)Nc1ncc(Cl)cc1N. The van der Waals surface area contributed by atoms with Crippen LogP contribution < -0.4 is 11.1 Å². The predicted octanol–water partition coefficient (Wildman–Crippen LogP) is 2.69. The first-order valence-corrected chi connectivity index (χ1v) is 4.79. The second kappa shape index (κ2) is 4.86. The maximum absolute atomic E-state index is 5.73. The summed E-state index contributed by atoms with van der Waals surface area (Å²) in [5.74, 6) is 0.670. The number of anilines is 2. The highest BCUT2D eigenvalue weighted by molar-refractivity contribution is 6.30. The monoisotopic (exact) mass is 211 g/mol. The third-order valence-corrected chi connectivity index (χ3v) is 1.99. The Bertz CT molecular complexity index is 325. The molecule has 0 aliphatic carbocycles. The zero-order valence-corrected chi connectivity index (χ0v) is 8.88. The number of nitrogens with one attached hydrogen (secondary N) is 1. The Balaban J connectivity index is 2.71. The van der Waals surface area contributed by atoms with Gasteiger partial charge in [0.05, 0.1) is 10.7 Å². The van der Waals surface area contributed by atoms with Gasteiger partial charge in [-0.15, -0.1) is 6.58 Å². The summed E-state index contributed by atoms with van der Waals surface area (Å²) in [7, 11) is 0. The van der Waals surface area contributed by atoms with Gasteiger partial charge in [0.1, 0.15) is 5.82 Å². The summed E-state index contributed by atoms with van der Waals surface area (Å²) in [5, 5.41) is 3.72. The van der Waals surface area contributed by atoms with Crippen LogP contribution >= 0.6 is 11.6 Å². The van der Waals surface area contributed by atoms with Crippen LogP contribution in [0.4, 0.5) is 11.5 Å². The molecule has 0 amide bonds. The van der Waals surface area contributed by atoms with Crippen LogP contribution in [0, 0.1) is 0 Å². The lowest BCUT2D eigenvalue weighted by atomic mass is 10.2. The average molecular weight is 212 g/mol. The van der Waals surface area contributed by atoms with E-state index in [0.717, 1.165) is 6.42 Å². The molecule has 14 heavy (non-hydrogen) atoms. The summed E-state index contributed by atoms with van der Waals surface area (Å²) < 4.78 is 0. The number of aromatic nitrogens is 1. The molecule has 0 saturated heterocycles. The molecule has 1 aromatic rings. The van der Waals surface area contributed by atoms with E-state index in [1.165, 1.54) is 0 Å². The van der Waals surface area contributed by atoms with Crippen LogP contribution in [0.1, 0.15) is 13.3 Å². The van der Waals surface area contributed by atoms with Crippen molar-refractivity contribution >= 4 is 23.1 Å². The van der Waals surface area contributed by atoms with Gasteiger partial charge in [0, 0.05) is 12.2 Å². The van der Waals surface area contributed by atoms with Crippen molar-refractivity contribution in [3.8, 4) is 0 Å². The number of pyridine rings is 1. The van der Waals surface area contributed by atoms with E-state index in [1.807, 2.05) is 13.0 Å². The number of rotatable bonds is 4. The Kier molecular flexibility index (Phi) is 3.77. The fourth-order valence-corrected chi connectivity index (χ4v) is 1.28. The molecule has 1 heterocycles. The Morgan fingerprint density at radius 1 is 1.79 bits per heavy atom. The molecule has 0 aliphatic heterocycles. The van der Waals surface area contributed by atoms with Gasteiger partial charge in [-0.25, -0.2) is 4.98 Å². The summed E-state index contributed by atoms with van der Waals surface area (Å²) in [4.78, 5) is 4.10. The van der Waals surface area contributed by atoms with Crippen LogP contribution in [0.3, 0.4) is 0 Å². The molecular weight excluding hydrogens is 198 g/mol. The molecule has 0 spiro atoms. The molecule has 0 aliphatic rings. The molecule has 0 bridgehead atoms. The summed E-state index contributed by atoms with van der Waals surface area (Å²) in [5.41, 5.74) is 6.29. The van der Waals surface area contributed by atoms with E-state index in [2.05, 4.69) is 16.9 Å². The van der Waals surface area contributed by atoms with Gasteiger partial charge in [-0.1, -0.05) is 17.7 Å². The molecule has 3 nitrogen and oxygen atoms in total. The number of nitrogen functional groups attached to an aromatic ring is 1. The first kappa shape index (κ1) is 10.9. The van der Waals surface area contributed by atoms with Gasteiger partial charge >= 0.3 is 0 Å². The lowest BCUT2D eigenvalue weighted by molar-refractivity contribution is 0.808. The van der Waals surface area contributed by atoms with Gasteiger partial charge in [-0.3, -0.25) is 0 Å². The zero-order chi connectivity index (χ0) is 10.6. The van der Waals surface area contributed by atoms with Crippen molar-refractivity contribution in [3.63, 3.8) is 0 Å². The highest BCUT2D eigenvalue weighted by atomic mass is 35.5. The Labute approximate surface area is 89.0 Å². The summed E-state index contributed by atoms with van der Waals surface area (Å²) >= 11 is 5.73. The van der Waals surface area contributed by atoms with Crippen LogP contribution in [0.2, 0.25) is 5.02 Å². The number of halogens is 1. The van der Waals surface area contributed by atoms with Gasteiger partial charge in [0.25, 0.3) is 0 Å². The molecule has 76 valence electrons. The lowest BCUT2D eigenvalue weighted by Crippen LogP contribution is -2.16. The quantitative estimate of drug-likeness (QED) is 0.753. The fourth-order valence-electron chi connectivity index (χ4n) is 1.12. The van der Waals surface area contributed by atoms with Gasteiger partial charge in [0.2, 0.25) is 0 Å². The van der Waals surface area contributed by atoms with Gasteiger partial charge < -0.3 is 11.1 Å². The first-order chi connectivity index (χ1) is 6.63. The first-order valence-electron chi connectivity index (χ1n) is 4.42. The Morgan fingerprint density at radius 2 is 2.50 bits per heavy atom. The van der Waals surface area contributed by atoms with E-state index in [0.29, 0.717) is 16.5 Å². The van der Waals surface area contributed by atoms with Crippen molar-refractivity contribution in [2.45, 2.75) is 19.4 Å². The number of nitrogens with zero attached hydrogens (tertiary/aromatic N) is 1. The molecular formula is C10H14ClN3. The van der Waals surface area contributed by atoms with E-state index in [4.69, 9.17) is 17.3 Å². The summed E-state index contributed by atoms with van der Waals surface area (Å²) in [6, 6.07) is 1.95. The van der Waals surface area contributed by atoms with Crippen LogP contribution in [0.15, 0.2) is 24.9 Å². The predicted molar refractivity (Wildman–Crippen MR) is 61.6 cm³/mol. The van der Waals surface area contributed by atoms with E-state index in [9.17, 15) is 0 Å². The Morgan fingerprint density at radius 3 is 3.07 bits per heavy atom. The fraction of sp³-hybridized carbons (Fsp3) is 0.300. The van der Waals surface area contributed by atoms with Crippen molar-refractivity contribution in [1.29, 1.82) is 0 Å². The van der Waals surface area contributed by atoms with Gasteiger partial charge in [0.15, 0.2) is 0 Å². The van der Waals surface area contributed by atoms with Crippen molar-refractivity contribution < 1.29 is 0 Å². The normalized spacial score (nSPS) is 12.1. The van der Waals surface area contributed by atoms with Crippen molar-refractivity contribution in [2.24, 2.45) is 0 Å². The number of hydrogen-bond donors (Lipinski definition) is 2. The van der Waals surface area contributed by atoms with Crippen molar-refractivity contribution in [3.05, 3.63) is 29.9 Å². The molecule has 3 N–H and O–H groups in total. The van der Waals surface area contributed by atoms with Crippen LogP contribution in [-0.4, -0.2) is 11.0 Å². The van der Waals surface area contributed by atoms with Crippen molar-refractivity contribution in [1.82, 2.24) is 4.98 Å². The number of hydrogen-bond acceptors (Lipinski definition) is 3. The Hall–Kier alpha value is -1.22. The molecule has 1 atom stereocenters. The molecule has 1 unspecified atom stereocenters. The molecule has 0 saturated carbocycles. The van der Waals surface area contributed by atoms with Gasteiger partial charge in [-0.05, 0) is 19.4 Å². The molecule has 4 heteroatoms. The van der Waals surface area contributed by atoms with Crippen LogP contribution in [0.25, 0.3) is 0 Å². The minimum absolute atomic E-state index is 0.267. The topological polar surface area (TPSA) is 50.9 Å². The van der Waals surface area contributed by atoms with E-state index in [-0.39, 0.29) is 6.04 Å². The maximum Gasteiger partial charge on any atom is 0.149 e. The molecule has 0 fully saturated rings. The zero-order valence-electron chi connectivity index (χ0n) is 8.13. The molecule has 1 rings (SSSR count). The minimum atomic E-state index is 0.267. The second-order valence-electron chi connectivity index (χ2n) is 3.16. The molecule has 1 aromatic heterocycles. The van der Waals surface area contributed by atoms with E-state index >= 15 is 0 Å². The lowest BCUT2D eigenvalue weighted by Gasteiger charge is -2.13. The van der Waals surface area contributed by atoms with Gasteiger partial charge in [-0.2, -0.15) is 0 Å². The van der Waals surface area contributed by atoms with E-state index < -0.39 is 0 Å². The third kappa shape index (κ3) is 2.92. The maximum atomic E-state index is 5.73. The van der Waals surface area contributed by atoms with Crippen LogP contribution in [0.5, 0.6) is 0 Å². The number of nitrogens with two attached hydrogens (primary N) is 1. The van der Waals surface area contributed by atoms with E-state index in [1.54, 1.807) is 12.3 Å². The second-order valence-corrected chi connectivity index (χ2v) is 3.60. The average Bonchev–Trinajstić information content (AvgIpc) is 2.10. The summed E-state index contributed by atoms with van der Waals surface area (Å²) in [6.07, 6.45) is 4.29. The molecule has 0 aromatic carbocycles. The minimum Gasteiger partial charge on any atom is -0.396 e. The smallest absolute Gasteiger partial charge is 0.149 e. The highest BCUT2D eigenvalue weighted by Crippen LogP contribution is 2.20. The summed E-state index contributed by atoms with van der Waals surface area (Å²) in [6.45, 7) is 5.71. The van der Waals surface area contributed by atoms with Crippen molar-refractivity contribution in [2.75, 3.05) is 11.1 Å². The largest absolute Gasteiger partial charge is 0.396 e. The van der Waals surface area contributed by atoms with Crippen LogP contribution in [-0.2, 0) is 0 Å². The molecule has 0 radical (unpaired) electrons. The third-order valence-electron chi connectivity index (χ3n) is 1.79.